The number of alkyl halides is 3. The average Bonchev–Trinajstić information content (AvgIpc) is 2.33. The minimum absolute atomic E-state index is 0.181. The molecule has 0 saturated heterocycles. The zero-order valence-corrected chi connectivity index (χ0v) is 10.1. The molecule has 1 aromatic heterocycles. The number of anilines is 3. The van der Waals surface area contributed by atoms with E-state index >= 15 is 0 Å². The molecular weight excluding hydrogens is 255 g/mol. The lowest BCUT2D eigenvalue weighted by atomic mass is 10.1. The van der Waals surface area contributed by atoms with Crippen LogP contribution in [0.1, 0.15) is 11.1 Å². The normalized spacial score (nSPS) is 11.4. The average molecular weight is 267 g/mol. The summed E-state index contributed by atoms with van der Waals surface area (Å²) in [6.45, 7) is 1.42. The lowest BCUT2D eigenvalue weighted by Gasteiger charge is -2.14. The molecule has 0 bridgehead atoms. The second kappa shape index (κ2) is 4.79. The summed E-state index contributed by atoms with van der Waals surface area (Å²) in [6, 6.07) is 5.66. The van der Waals surface area contributed by atoms with Gasteiger partial charge in [-0.3, -0.25) is 4.98 Å². The highest BCUT2D eigenvalue weighted by molar-refractivity contribution is 5.71. The fraction of sp³-hybridized carbons (Fsp3) is 0.154. The Morgan fingerprint density at radius 3 is 2.58 bits per heavy atom. The van der Waals surface area contributed by atoms with Gasteiger partial charge in [0, 0.05) is 11.9 Å². The molecule has 0 unspecified atom stereocenters. The molecule has 2 rings (SSSR count). The zero-order valence-electron chi connectivity index (χ0n) is 10.1. The number of nitrogens with two attached hydrogens (primary N) is 1. The van der Waals surface area contributed by atoms with E-state index in [1.807, 2.05) is 0 Å². The Labute approximate surface area is 108 Å². The molecule has 0 aliphatic heterocycles. The standard InChI is InChI=1S/C13H12F3N3/c1-8-2-3-9(6-10(8)13(14,15)16)19-12-4-5-18-7-11(12)17/h2-7H,17H2,1H3,(H,18,19). The van der Waals surface area contributed by atoms with Crippen LogP contribution in [0, 0.1) is 6.92 Å². The number of aryl methyl sites for hydroxylation is 1. The minimum Gasteiger partial charge on any atom is -0.396 e. The van der Waals surface area contributed by atoms with Crippen LogP contribution in [0.2, 0.25) is 0 Å². The van der Waals surface area contributed by atoms with Crippen molar-refractivity contribution in [2.45, 2.75) is 13.1 Å². The first-order chi connectivity index (χ1) is 8.88. The van der Waals surface area contributed by atoms with Crippen LogP contribution in [0.3, 0.4) is 0 Å². The van der Waals surface area contributed by atoms with Crippen LogP contribution in [-0.2, 0) is 6.18 Å². The van der Waals surface area contributed by atoms with Gasteiger partial charge in [0.25, 0.3) is 0 Å². The molecule has 2 aromatic rings. The quantitative estimate of drug-likeness (QED) is 0.871. The Hall–Kier alpha value is -2.24. The van der Waals surface area contributed by atoms with Crippen molar-refractivity contribution in [1.82, 2.24) is 4.98 Å². The number of hydrogen-bond acceptors (Lipinski definition) is 3. The summed E-state index contributed by atoms with van der Waals surface area (Å²) in [5.74, 6) is 0. The molecule has 0 fully saturated rings. The highest BCUT2D eigenvalue weighted by Crippen LogP contribution is 2.34. The van der Waals surface area contributed by atoms with Crippen LogP contribution in [0.5, 0.6) is 0 Å². The maximum absolute atomic E-state index is 12.8. The van der Waals surface area contributed by atoms with Gasteiger partial charge in [-0.2, -0.15) is 13.2 Å². The van der Waals surface area contributed by atoms with E-state index < -0.39 is 11.7 Å². The topological polar surface area (TPSA) is 50.9 Å². The first-order valence-electron chi connectivity index (χ1n) is 5.52. The third kappa shape index (κ3) is 2.96. The molecule has 0 saturated carbocycles. The van der Waals surface area contributed by atoms with Gasteiger partial charge in [0.1, 0.15) is 0 Å². The first kappa shape index (κ1) is 13.2. The van der Waals surface area contributed by atoms with Gasteiger partial charge < -0.3 is 11.1 Å². The predicted molar refractivity (Wildman–Crippen MR) is 68.1 cm³/mol. The van der Waals surface area contributed by atoms with Gasteiger partial charge in [-0.1, -0.05) is 6.07 Å². The van der Waals surface area contributed by atoms with Crippen LogP contribution >= 0.6 is 0 Å². The number of pyridine rings is 1. The summed E-state index contributed by atoms with van der Waals surface area (Å²) >= 11 is 0. The van der Waals surface area contributed by atoms with E-state index in [1.165, 1.54) is 25.4 Å². The largest absolute Gasteiger partial charge is 0.416 e. The summed E-state index contributed by atoms with van der Waals surface area (Å²) in [4.78, 5) is 3.81. The second-order valence-corrected chi connectivity index (χ2v) is 4.12. The van der Waals surface area contributed by atoms with Gasteiger partial charge in [0.15, 0.2) is 0 Å². The Balaban J connectivity index is 2.35. The van der Waals surface area contributed by atoms with Crippen molar-refractivity contribution >= 4 is 17.1 Å². The van der Waals surface area contributed by atoms with Crippen molar-refractivity contribution in [3.63, 3.8) is 0 Å². The monoisotopic (exact) mass is 267 g/mol. The molecular formula is C13H12F3N3. The van der Waals surface area contributed by atoms with Crippen LogP contribution in [0.4, 0.5) is 30.2 Å². The fourth-order valence-corrected chi connectivity index (χ4v) is 1.68. The van der Waals surface area contributed by atoms with E-state index in [0.29, 0.717) is 17.1 Å². The van der Waals surface area contributed by atoms with Gasteiger partial charge in [-0.15, -0.1) is 0 Å². The van der Waals surface area contributed by atoms with Crippen LogP contribution in [-0.4, -0.2) is 4.98 Å². The van der Waals surface area contributed by atoms with Crippen molar-refractivity contribution in [3.8, 4) is 0 Å². The molecule has 0 aliphatic rings. The van der Waals surface area contributed by atoms with Gasteiger partial charge in [-0.05, 0) is 30.7 Å². The Kier molecular flexibility index (Phi) is 3.33. The van der Waals surface area contributed by atoms with E-state index in [0.717, 1.165) is 6.07 Å². The molecule has 1 aromatic carbocycles. The lowest BCUT2D eigenvalue weighted by Crippen LogP contribution is -2.08. The Morgan fingerprint density at radius 1 is 1.21 bits per heavy atom. The minimum atomic E-state index is -4.37. The van der Waals surface area contributed by atoms with Crippen LogP contribution < -0.4 is 11.1 Å². The summed E-state index contributed by atoms with van der Waals surface area (Å²) < 4.78 is 38.4. The van der Waals surface area contributed by atoms with Gasteiger partial charge in [0.2, 0.25) is 0 Å². The number of benzene rings is 1. The number of rotatable bonds is 2. The molecule has 3 nitrogen and oxygen atoms in total. The zero-order chi connectivity index (χ0) is 14.0. The third-order valence-corrected chi connectivity index (χ3v) is 2.67. The van der Waals surface area contributed by atoms with Gasteiger partial charge in [0.05, 0.1) is 23.1 Å². The van der Waals surface area contributed by atoms with E-state index in [1.54, 1.807) is 12.1 Å². The van der Waals surface area contributed by atoms with E-state index in [-0.39, 0.29) is 5.56 Å². The Bertz CT molecular complexity index is 594. The molecule has 1 heterocycles. The number of halogens is 3. The van der Waals surface area contributed by atoms with Gasteiger partial charge in [-0.25, -0.2) is 0 Å². The smallest absolute Gasteiger partial charge is 0.396 e. The molecule has 3 N–H and O–H groups in total. The van der Waals surface area contributed by atoms with Crippen molar-refractivity contribution in [1.29, 1.82) is 0 Å². The van der Waals surface area contributed by atoms with Crippen molar-refractivity contribution in [3.05, 3.63) is 47.8 Å². The summed E-state index contributed by atoms with van der Waals surface area (Å²) in [7, 11) is 0. The number of nitrogens with one attached hydrogen (secondary N) is 1. The maximum atomic E-state index is 12.8. The SMILES string of the molecule is Cc1ccc(Nc2ccncc2N)cc1C(F)(F)F. The van der Waals surface area contributed by atoms with E-state index in [4.69, 9.17) is 5.73 Å². The first-order valence-corrected chi connectivity index (χ1v) is 5.52. The highest BCUT2D eigenvalue weighted by atomic mass is 19.4. The van der Waals surface area contributed by atoms with Crippen molar-refractivity contribution in [2.24, 2.45) is 0 Å². The maximum Gasteiger partial charge on any atom is 0.416 e. The van der Waals surface area contributed by atoms with E-state index in [2.05, 4.69) is 10.3 Å². The summed E-state index contributed by atoms with van der Waals surface area (Å²) in [5, 5.41) is 2.85. The van der Waals surface area contributed by atoms with E-state index in [9.17, 15) is 13.2 Å². The fourth-order valence-electron chi connectivity index (χ4n) is 1.68. The Morgan fingerprint density at radius 2 is 1.95 bits per heavy atom. The molecule has 0 radical (unpaired) electrons. The molecule has 0 amide bonds. The van der Waals surface area contributed by atoms with Crippen LogP contribution in [0.25, 0.3) is 0 Å². The molecule has 19 heavy (non-hydrogen) atoms. The van der Waals surface area contributed by atoms with Crippen molar-refractivity contribution < 1.29 is 13.2 Å². The third-order valence-electron chi connectivity index (χ3n) is 2.67. The van der Waals surface area contributed by atoms with Gasteiger partial charge >= 0.3 is 6.18 Å². The second-order valence-electron chi connectivity index (χ2n) is 4.12. The number of nitrogens with zero attached hydrogens (tertiary/aromatic N) is 1. The molecule has 100 valence electrons. The molecule has 0 aliphatic carbocycles. The summed E-state index contributed by atoms with van der Waals surface area (Å²) in [5.41, 5.74) is 6.42. The predicted octanol–water partition coefficient (Wildman–Crippen LogP) is 3.73. The van der Waals surface area contributed by atoms with Crippen LogP contribution in [0.15, 0.2) is 36.7 Å². The highest BCUT2D eigenvalue weighted by Gasteiger charge is 2.32. The number of nitrogen functional groups attached to an aromatic ring is 1. The molecule has 0 spiro atoms. The number of hydrogen-bond donors (Lipinski definition) is 2. The number of aromatic nitrogens is 1. The summed E-state index contributed by atoms with van der Waals surface area (Å²) in [6.07, 6.45) is -1.43. The molecule has 6 heteroatoms. The molecule has 0 atom stereocenters. The lowest BCUT2D eigenvalue weighted by molar-refractivity contribution is -0.138. The van der Waals surface area contributed by atoms with Crippen molar-refractivity contribution in [2.75, 3.05) is 11.1 Å².